The van der Waals surface area contributed by atoms with Crippen LogP contribution in [-0.2, 0) is 6.42 Å². The molecular formula is C27H29I. The molecule has 0 nitrogen and oxygen atoms in total. The minimum Gasteiger partial charge on any atom is -0.0991 e. The van der Waals surface area contributed by atoms with E-state index in [-0.39, 0.29) is 5.41 Å². The molecule has 0 amide bonds. The predicted molar refractivity (Wildman–Crippen MR) is 133 cm³/mol. The van der Waals surface area contributed by atoms with Crippen molar-refractivity contribution in [2.45, 2.75) is 27.2 Å². The van der Waals surface area contributed by atoms with E-state index < -0.39 is 0 Å². The van der Waals surface area contributed by atoms with E-state index in [1.54, 1.807) is 0 Å². The quantitative estimate of drug-likeness (QED) is 0.300. The molecule has 28 heavy (non-hydrogen) atoms. The van der Waals surface area contributed by atoms with Gasteiger partial charge in [-0.25, -0.2) is 0 Å². The molecule has 1 saturated carbocycles. The molecule has 1 aliphatic rings. The first-order valence-electron chi connectivity index (χ1n) is 9.89. The van der Waals surface area contributed by atoms with Crippen molar-refractivity contribution < 1.29 is 0 Å². The molecule has 0 spiro atoms. The maximum Gasteiger partial charge on any atom is 0.0136 e. The van der Waals surface area contributed by atoms with Crippen LogP contribution >= 0.6 is 22.6 Å². The Morgan fingerprint density at radius 1 is 1.04 bits per heavy atom. The number of halogens is 1. The molecule has 2 unspecified atom stereocenters. The van der Waals surface area contributed by atoms with E-state index in [1.165, 1.54) is 31.1 Å². The van der Waals surface area contributed by atoms with Crippen LogP contribution in [0.5, 0.6) is 0 Å². The molecule has 2 atom stereocenters. The summed E-state index contributed by atoms with van der Waals surface area (Å²) in [4.78, 5) is 0. The van der Waals surface area contributed by atoms with Gasteiger partial charge in [-0.2, -0.15) is 0 Å². The monoisotopic (exact) mass is 480 g/mol. The van der Waals surface area contributed by atoms with Crippen molar-refractivity contribution in [3.63, 3.8) is 0 Å². The zero-order chi connectivity index (χ0) is 20.3. The van der Waals surface area contributed by atoms with Gasteiger partial charge in [-0.15, -0.1) is 0 Å². The summed E-state index contributed by atoms with van der Waals surface area (Å²) in [5.74, 6) is 0.927. The lowest BCUT2D eigenvalue weighted by atomic mass is 9.76. The first-order valence-corrected chi connectivity index (χ1v) is 11.0. The number of hydrogen-bond donors (Lipinski definition) is 0. The molecule has 2 aromatic rings. The molecule has 2 aromatic carbocycles. The van der Waals surface area contributed by atoms with E-state index >= 15 is 0 Å². The highest BCUT2D eigenvalue weighted by Gasteiger charge is 2.44. The van der Waals surface area contributed by atoms with Gasteiger partial charge in [0.15, 0.2) is 0 Å². The van der Waals surface area contributed by atoms with Crippen molar-refractivity contribution in [3.8, 4) is 0 Å². The number of allylic oxidation sites excluding steroid dienone is 8. The van der Waals surface area contributed by atoms with E-state index in [4.69, 9.17) is 0 Å². The van der Waals surface area contributed by atoms with Gasteiger partial charge in [0, 0.05) is 3.57 Å². The molecule has 0 aliphatic heterocycles. The fourth-order valence-electron chi connectivity index (χ4n) is 4.58. The summed E-state index contributed by atoms with van der Waals surface area (Å²) in [7, 11) is 0. The molecule has 0 heterocycles. The highest BCUT2D eigenvalue weighted by molar-refractivity contribution is 14.1. The predicted octanol–water partition coefficient (Wildman–Crippen LogP) is 8.06. The summed E-state index contributed by atoms with van der Waals surface area (Å²) >= 11 is 2.37. The van der Waals surface area contributed by atoms with Crippen LogP contribution in [0, 0.1) is 20.8 Å². The minimum absolute atomic E-state index is 0.0841. The summed E-state index contributed by atoms with van der Waals surface area (Å²) in [6.45, 7) is 14.8. The van der Waals surface area contributed by atoms with E-state index in [0.717, 1.165) is 6.42 Å². The van der Waals surface area contributed by atoms with Gasteiger partial charge in [0.2, 0.25) is 0 Å². The van der Waals surface area contributed by atoms with E-state index in [0.29, 0.717) is 11.8 Å². The van der Waals surface area contributed by atoms with Gasteiger partial charge in [-0.05, 0) is 85.9 Å². The fourth-order valence-corrected chi connectivity index (χ4v) is 5.10. The van der Waals surface area contributed by atoms with Crippen molar-refractivity contribution >= 4 is 33.4 Å². The third kappa shape index (κ3) is 4.10. The minimum atomic E-state index is 0.0841. The van der Waals surface area contributed by atoms with Crippen LogP contribution in [0.2, 0.25) is 0 Å². The van der Waals surface area contributed by atoms with Crippen molar-refractivity contribution in [1.29, 1.82) is 0 Å². The van der Waals surface area contributed by atoms with Gasteiger partial charge >= 0.3 is 0 Å². The average molecular weight is 480 g/mol. The molecule has 0 saturated heterocycles. The lowest BCUT2D eigenvalue weighted by Crippen LogP contribution is -2.20. The normalized spacial score (nSPS) is 24.4. The largest absolute Gasteiger partial charge is 0.0991 e. The standard InChI is InChI=1S/C27H29I/c1-6-8-10-25-19(3)24(9-7-2)26(27(25,4)5)16-12-20-11-13-22-18-23(28)15-14-21(22)17-20/h6-11,13-19,25H,1-2,12H2,3-5H3/b10-8-,24-9-,26-16+. The molecule has 3 rings (SSSR count). The second-order valence-corrected chi connectivity index (χ2v) is 9.41. The first kappa shape index (κ1) is 20.9. The second-order valence-electron chi connectivity index (χ2n) is 8.16. The van der Waals surface area contributed by atoms with E-state index in [9.17, 15) is 0 Å². The van der Waals surface area contributed by atoms with Gasteiger partial charge < -0.3 is 0 Å². The Kier molecular flexibility index (Phi) is 6.44. The lowest BCUT2D eigenvalue weighted by molar-refractivity contribution is 0.320. The smallest absolute Gasteiger partial charge is 0.0136 e. The maximum atomic E-state index is 3.95. The fraction of sp³-hybridized carbons (Fsp3) is 0.259. The topological polar surface area (TPSA) is 0 Å². The van der Waals surface area contributed by atoms with Crippen LogP contribution in [-0.4, -0.2) is 0 Å². The van der Waals surface area contributed by atoms with Crippen molar-refractivity contribution in [1.82, 2.24) is 0 Å². The summed E-state index contributed by atoms with van der Waals surface area (Å²) in [5, 5.41) is 2.61. The van der Waals surface area contributed by atoms with Crippen molar-refractivity contribution in [2.24, 2.45) is 17.3 Å². The Bertz CT molecular complexity index is 984. The van der Waals surface area contributed by atoms with E-state index in [1.807, 2.05) is 12.2 Å². The summed E-state index contributed by atoms with van der Waals surface area (Å²) in [6, 6.07) is 13.4. The second kappa shape index (κ2) is 8.65. The third-order valence-electron chi connectivity index (χ3n) is 6.03. The molecule has 0 radical (unpaired) electrons. The molecular weight excluding hydrogens is 451 g/mol. The Morgan fingerprint density at radius 2 is 1.75 bits per heavy atom. The van der Waals surface area contributed by atoms with Crippen LogP contribution < -0.4 is 0 Å². The third-order valence-corrected chi connectivity index (χ3v) is 6.70. The zero-order valence-corrected chi connectivity index (χ0v) is 19.2. The Hall–Kier alpha value is -1.87. The number of benzene rings is 2. The van der Waals surface area contributed by atoms with Crippen LogP contribution in [0.4, 0.5) is 0 Å². The van der Waals surface area contributed by atoms with Gasteiger partial charge in [0.1, 0.15) is 0 Å². The Morgan fingerprint density at radius 3 is 2.46 bits per heavy atom. The highest BCUT2D eigenvalue weighted by atomic mass is 127. The maximum absolute atomic E-state index is 3.95. The van der Waals surface area contributed by atoms with Gasteiger partial charge in [0.25, 0.3) is 0 Å². The summed E-state index contributed by atoms with van der Waals surface area (Å²) < 4.78 is 1.28. The SMILES string of the molecule is C=C/C=C\C1C(C)C(=C/C=C)/C(=C\Cc2ccc3cc(I)ccc3c2)C1(C)C. The molecule has 1 fully saturated rings. The van der Waals surface area contributed by atoms with Crippen LogP contribution in [0.3, 0.4) is 0 Å². The number of rotatable bonds is 5. The molecule has 0 bridgehead atoms. The van der Waals surface area contributed by atoms with Gasteiger partial charge in [0.05, 0.1) is 0 Å². The highest BCUT2D eigenvalue weighted by Crippen LogP contribution is 2.54. The van der Waals surface area contributed by atoms with Crippen LogP contribution in [0.1, 0.15) is 26.3 Å². The van der Waals surface area contributed by atoms with Crippen LogP contribution in [0.15, 0.2) is 97.2 Å². The first-order chi connectivity index (χ1) is 13.4. The van der Waals surface area contributed by atoms with E-state index in [2.05, 4.69) is 117 Å². The molecule has 0 N–H and O–H groups in total. The summed E-state index contributed by atoms with van der Waals surface area (Å²) in [6.07, 6.45) is 13.8. The van der Waals surface area contributed by atoms with Crippen LogP contribution in [0.25, 0.3) is 10.8 Å². The molecule has 1 aliphatic carbocycles. The van der Waals surface area contributed by atoms with Gasteiger partial charge in [-0.3, -0.25) is 0 Å². The van der Waals surface area contributed by atoms with Crippen molar-refractivity contribution in [3.05, 3.63) is 106 Å². The molecule has 1 heteroatoms. The Balaban J connectivity index is 1.97. The average Bonchev–Trinajstić information content (AvgIpc) is 2.84. The zero-order valence-electron chi connectivity index (χ0n) is 17.1. The summed E-state index contributed by atoms with van der Waals surface area (Å²) in [5.41, 5.74) is 4.30. The lowest BCUT2D eigenvalue weighted by Gasteiger charge is -2.27. The van der Waals surface area contributed by atoms with Crippen molar-refractivity contribution in [2.75, 3.05) is 0 Å². The van der Waals surface area contributed by atoms with Gasteiger partial charge in [-0.1, -0.05) is 94.7 Å². The number of fused-ring (bicyclic) bond motifs is 1. The molecule has 0 aromatic heterocycles. The number of hydrogen-bond acceptors (Lipinski definition) is 0. The Labute approximate surface area is 183 Å². The molecule has 144 valence electrons.